The van der Waals surface area contributed by atoms with Gasteiger partial charge in [-0.25, -0.2) is 4.98 Å². The quantitative estimate of drug-likeness (QED) is 0.223. The Balaban J connectivity index is 0.832. The lowest BCUT2D eigenvalue weighted by molar-refractivity contribution is -0.136. The fourth-order valence-corrected chi connectivity index (χ4v) is 7.92. The van der Waals surface area contributed by atoms with Crippen LogP contribution in [-0.4, -0.2) is 106 Å². The highest BCUT2D eigenvalue weighted by atomic mass is 16.2. The highest BCUT2D eigenvalue weighted by molar-refractivity contribution is 6.25. The molecule has 1 aromatic heterocycles. The largest absolute Gasteiger partial charge is 0.368 e. The summed E-state index contributed by atoms with van der Waals surface area (Å²) >= 11 is 0. The van der Waals surface area contributed by atoms with Gasteiger partial charge in [-0.15, -0.1) is 0 Å². The zero-order chi connectivity index (χ0) is 35.9. The summed E-state index contributed by atoms with van der Waals surface area (Å²) in [5.74, 6) is -1.21. The van der Waals surface area contributed by atoms with Gasteiger partial charge in [0.2, 0.25) is 11.8 Å². The van der Waals surface area contributed by atoms with Crippen molar-refractivity contribution >= 4 is 51.9 Å². The molecule has 13 heteroatoms. The van der Waals surface area contributed by atoms with Gasteiger partial charge < -0.3 is 15.2 Å². The molecule has 0 aliphatic carbocycles. The molecule has 5 amide bonds. The van der Waals surface area contributed by atoms with Crippen LogP contribution in [0.5, 0.6) is 0 Å². The van der Waals surface area contributed by atoms with Crippen molar-refractivity contribution in [1.82, 2.24) is 30.0 Å². The van der Waals surface area contributed by atoms with Crippen LogP contribution in [0.1, 0.15) is 75.1 Å². The van der Waals surface area contributed by atoms with E-state index >= 15 is 0 Å². The molecule has 268 valence electrons. The summed E-state index contributed by atoms with van der Waals surface area (Å²) in [6.45, 7) is 7.92. The molecule has 13 nitrogen and oxygen atoms in total. The Morgan fingerprint density at radius 1 is 0.923 bits per heavy atom. The number of benzene rings is 3. The van der Waals surface area contributed by atoms with Crippen molar-refractivity contribution in [3.05, 3.63) is 88.7 Å². The van der Waals surface area contributed by atoms with Gasteiger partial charge in [0.1, 0.15) is 11.9 Å². The van der Waals surface area contributed by atoms with Crippen molar-refractivity contribution in [3.63, 3.8) is 0 Å². The molecule has 52 heavy (non-hydrogen) atoms. The van der Waals surface area contributed by atoms with E-state index in [0.717, 1.165) is 66.5 Å². The number of nitrogens with one attached hydrogen (secondary N) is 3. The van der Waals surface area contributed by atoms with E-state index < -0.39 is 29.7 Å². The molecular formula is C39H42N8O5. The van der Waals surface area contributed by atoms with Gasteiger partial charge in [0, 0.05) is 56.4 Å². The van der Waals surface area contributed by atoms with Crippen molar-refractivity contribution in [3.8, 4) is 0 Å². The molecule has 1 unspecified atom stereocenters. The molecular weight excluding hydrogens is 660 g/mol. The maximum atomic E-state index is 13.6. The maximum Gasteiger partial charge on any atom is 0.264 e. The second-order valence-electron chi connectivity index (χ2n) is 14.3. The summed E-state index contributed by atoms with van der Waals surface area (Å²) in [6.07, 6.45) is 3.48. The van der Waals surface area contributed by atoms with Crippen LogP contribution in [0.4, 0.5) is 11.4 Å². The minimum atomic E-state index is -0.988. The number of imide groups is 2. The Labute approximate surface area is 301 Å². The number of aromatic amines is 1. The number of nitrogens with zero attached hydrogens (tertiary/aromatic N) is 5. The van der Waals surface area contributed by atoms with Crippen molar-refractivity contribution in [1.29, 1.82) is 0 Å². The number of hydrogen-bond donors (Lipinski definition) is 3. The molecule has 0 saturated carbocycles. The molecule has 8 rings (SSSR count). The number of rotatable bonds is 9. The lowest BCUT2D eigenvalue weighted by Gasteiger charge is -2.36. The molecule has 4 aliphatic rings. The van der Waals surface area contributed by atoms with Gasteiger partial charge in [0.05, 0.1) is 34.4 Å². The van der Waals surface area contributed by atoms with E-state index in [-0.39, 0.29) is 18.7 Å². The molecule has 4 aliphatic heterocycles. The van der Waals surface area contributed by atoms with E-state index in [9.17, 15) is 24.0 Å². The fraction of sp³-hybridized carbons (Fsp3) is 0.385. The van der Waals surface area contributed by atoms with Gasteiger partial charge in [-0.1, -0.05) is 18.2 Å². The number of hydrogen-bond acceptors (Lipinski definition) is 9. The standard InChI is InChI=1S/C39H42N8O5/c1-24-4-3-16-46(24)23-33-41-29-12-11-27(22-30(29)42-33)40-36(49)26-9-7-25(8-10-26)15-17-44-18-20-45(21-19-44)31-6-2-5-28-35(31)39(52)47(38(28)51)32-13-14-34(48)43-37(32)50/h2,5-12,22,24,32H,3-4,13-21,23H2,1H3,(H,40,49)(H,41,42)(H,43,48,50)/t24-,32?/m0/s1. The Morgan fingerprint density at radius 3 is 2.48 bits per heavy atom. The number of piperazine rings is 1. The van der Waals surface area contributed by atoms with Crippen LogP contribution in [0, 0.1) is 0 Å². The topological polar surface area (TPSA) is 151 Å². The molecule has 3 N–H and O–H groups in total. The number of aromatic nitrogens is 2. The third-order valence-corrected chi connectivity index (χ3v) is 10.9. The van der Waals surface area contributed by atoms with Crippen LogP contribution in [0.15, 0.2) is 60.7 Å². The molecule has 3 fully saturated rings. The summed E-state index contributed by atoms with van der Waals surface area (Å²) in [5, 5.41) is 5.27. The summed E-state index contributed by atoms with van der Waals surface area (Å²) in [7, 11) is 0. The third kappa shape index (κ3) is 6.57. The first kappa shape index (κ1) is 33.7. The normalized spacial score (nSPS) is 21.2. The number of carbonyl (C=O) groups excluding carboxylic acids is 5. The number of piperidine rings is 1. The summed E-state index contributed by atoms with van der Waals surface area (Å²) < 4.78 is 0. The first-order chi connectivity index (χ1) is 25.2. The molecule has 0 radical (unpaired) electrons. The van der Waals surface area contributed by atoms with E-state index in [4.69, 9.17) is 4.98 Å². The summed E-state index contributed by atoms with van der Waals surface area (Å²) in [4.78, 5) is 80.2. The molecule has 3 saturated heterocycles. The summed E-state index contributed by atoms with van der Waals surface area (Å²) in [5.41, 5.74) is 5.55. The number of amides is 5. The lowest BCUT2D eigenvalue weighted by Crippen LogP contribution is -2.54. The zero-order valence-corrected chi connectivity index (χ0v) is 29.2. The molecule has 5 heterocycles. The summed E-state index contributed by atoms with van der Waals surface area (Å²) in [6, 6.07) is 18.3. The first-order valence-corrected chi connectivity index (χ1v) is 18.2. The highest BCUT2D eigenvalue weighted by Crippen LogP contribution is 2.34. The van der Waals surface area contributed by atoms with Gasteiger partial charge in [0.15, 0.2) is 0 Å². The first-order valence-electron chi connectivity index (χ1n) is 18.2. The Hall–Kier alpha value is -5.40. The van der Waals surface area contributed by atoms with Gasteiger partial charge >= 0.3 is 0 Å². The number of carbonyl (C=O) groups is 5. The van der Waals surface area contributed by atoms with Crippen LogP contribution >= 0.6 is 0 Å². The highest BCUT2D eigenvalue weighted by Gasteiger charge is 2.46. The number of fused-ring (bicyclic) bond motifs is 2. The smallest absolute Gasteiger partial charge is 0.264 e. The van der Waals surface area contributed by atoms with E-state index in [1.807, 2.05) is 48.5 Å². The minimum Gasteiger partial charge on any atom is -0.368 e. The van der Waals surface area contributed by atoms with Crippen LogP contribution in [0.3, 0.4) is 0 Å². The molecule has 0 bridgehead atoms. The fourth-order valence-electron chi connectivity index (χ4n) is 7.92. The van der Waals surface area contributed by atoms with Crippen molar-refractivity contribution in [2.24, 2.45) is 0 Å². The van der Waals surface area contributed by atoms with Gasteiger partial charge in [-0.05, 0) is 87.2 Å². The number of H-pyrrole nitrogens is 1. The van der Waals surface area contributed by atoms with E-state index in [1.165, 1.54) is 12.8 Å². The average Bonchev–Trinajstić information content (AvgIpc) is 3.82. The Kier molecular flexibility index (Phi) is 9.06. The maximum absolute atomic E-state index is 13.6. The van der Waals surface area contributed by atoms with Gasteiger partial charge in [0.25, 0.3) is 17.7 Å². The van der Waals surface area contributed by atoms with Crippen molar-refractivity contribution in [2.45, 2.75) is 57.7 Å². The predicted octanol–water partition coefficient (Wildman–Crippen LogP) is 3.57. The van der Waals surface area contributed by atoms with Crippen molar-refractivity contribution in [2.75, 3.05) is 49.5 Å². The van der Waals surface area contributed by atoms with E-state index in [0.29, 0.717) is 47.2 Å². The molecule has 4 aromatic rings. The lowest BCUT2D eigenvalue weighted by atomic mass is 10.0. The minimum absolute atomic E-state index is 0.0850. The van der Waals surface area contributed by atoms with Gasteiger partial charge in [-0.2, -0.15) is 0 Å². The molecule has 3 aromatic carbocycles. The van der Waals surface area contributed by atoms with Crippen molar-refractivity contribution < 1.29 is 24.0 Å². The number of likely N-dealkylation sites (tertiary alicyclic amines) is 1. The predicted molar refractivity (Wildman–Crippen MR) is 195 cm³/mol. The van der Waals surface area contributed by atoms with Crippen LogP contribution in [0.2, 0.25) is 0 Å². The monoisotopic (exact) mass is 702 g/mol. The number of anilines is 2. The average molecular weight is 703 g/mol. The number of imidazole rings is 1. The third-order valence-electron chi connectivity index (χ3n) is 10.9. The van der Waals surface area contributed by atoms with E-state index in [2.05, 4.69) is 37.2 Å². The molecule has 2 atom stereocenters. The Morgan fingerprint density at radius 2 is 1.73 bits per heavy atom. The second kappa shape index (κ2) is 14.0. The zero-order valence-electron chi connectivity index (χ0n) is 29.2. The van der Waals surface area contributed by atoms with Crippen LogP contribution < -0.4 is 15.5 Å². The molecule has 0 spiro atoms. The SMILES string of the molecule is C[C@H]1CCCN1Cc1nc2ccc(NC(=O)c3ccc(CCN4CCN(c5cccc6c5C(=O)N(C5CCC(=O)NC5=O)C6=O)CC4)cc3)cc2[nH]1. The Bertz CT molecular complexity index is 2070. The van der Waals surface area contributed by atoms with E-state index in [1.54, 1.807) is 12.1 Å². The van der Waals surface area contributed by atoms with Gasteiger partial charge in [-0.3, -0.25) is 44.0 Å². The second-order valence-corrected chi connectivity index (χ2v) is 14.3. The van der Waals surface area contributed by atoms with Crippen LogP contribution in [0.25, 0.3) is 11.0 Å². The van der Waals surface area contributed by atoms with Crippen LogP contribution in [-0.2, 0) is 22.6 Å².